The summed E-state index contributed by atoms with van der Waals surface area (Å²) in [6.45, 7) is 3.15. The quantitative estimate of drug-likeness (QED) is 0.853. The average molecular weight is 237 g/mol. The second kappa shape index (κ2) is 5.11. The maximum Gasteiger partial charge on any atom is 0.158 e. The first-order valence-corrected chi connectivity index (χ1v) is 6.95. The fourth-order valence-corrected chi connectivity index (χ4v) is 3.27. The molecule has 2 nitrogen and oxygen atoms in total. The highest BCUT2D eigenvalue weighted by Gasteiger charge is 2.39. The van der Waals surface area contributed by atoms with Gasteiger partial charge in [0, 0.05) is 11.3 Å². The van der Waals surface area contributed by atoms with Gasteiger partial charge in [-0.15, -0.1) is 11.3 Å². The monoisotopic (exact) mass is 237 g/mol. The van der Waals surface area contributed by atoms with Gasteiger partial charge in [-0.1, -0.05) is 19.4 Å². The van der Waals surface area contributed by atoms with Crippen LogP contribution in [0.4, 0.5) is 0 Å². The van der Waals surface area contributed by atoms with E-state index in [1.54, 1.807) is 11.3 Å². The minimum Gasteiger partial charge on any atom is -0.305 e. The first-order valence-electron chi connectivity index (χ1n) is 6.07. The SMILES string of the molecule is CCCC1(C(=O)Cc2cccs2)CCCN1. The Morgan fingerprint density at radius 2 is 2.50 bits per heavy atom. The molecule has 1 fully saturated rings. The summed E-state index contributed by atoms with van der Waals surface area (Å²) in [5.41, 5.74) is -0.210. The topological polar surface area (TPSA) is 29.1 Å². The van der Waals surface area contributed by atoms with Gasteiger partial charge >= 0.3 is 0 Å². The van der Waals surface area contributed by atoms with Crippen LogP contribution in [0.2, 0.25) is 0 Å². The molecule has 2 rings (SSSR count). The van der Waals surface area contributed by atoms with E-state index in [1.165, 1.54) is 4.88 Å². The van der Waals surface area contributed by atoms with Gasteiger partial charge in [-0.2, -0.15) is 0 Å². The fraction of sp³-hybridized carbons (Fsp3) is 0.615. The third kappa shape index (κ3) is 2.36. The summed E-state index contributed by atoms with van der Waals surface area (Å²) >= 11 is 1.68. The van der Waals surface area contributed by atoms with Gasteiger partial charge < -0.3 is 5.32 Å². The highest BCUT2D eigenvalue weighted by Crippen LogP contribution is 2.27. The molecule has 1 aliphatic heterocycles. The summed E-state index contributed by atoms with van der Waals surface area (Å²) in [5.74, 6) is 0.384. The molecule has 0 spiro atoms. The molecule has 2 heterocycles. The molecule has 0 aliphatic carbocycles. The molecule has 0 amide bonds. The normalized spacial score (nSPS) is 24.8. The van der Waals surface area contributed by atoms with Crippen molar-refractivity contribution in [2.24, 2.45) is 0 Å². The van der Waals surface area contributed by atoms with E-state index in [4.69, 9.17) is 0 Å². The van der Waals surface area contributed by atoms with Gasteiger partial charge in [0.2, 0.25) is 0 Å². The Morgan fingerprint density at radius 3 is 3.06 bits per heavy atom. The number of nitrogens with one attached hydrogen (secondary N) is 1. The number of carbonyl (C=O) groups excluding carboxylic acids is 1. The van der Waals surface area contributed by atoms with E-state index < -0.39 is 0 Å². The smallest absolute Gasteiger partial charge is 0.158 e. The van der Waals surface area contributed by atoms with Gasteiger partial charge in [0.1, 0.15) is 0 Å². The maximum absolute atomic E-state index is 12.4. The highest BCUT2D eigenvalue weighted by atomic mass is 32.1. The van der Waals surface area contributed by atoms with E-state index in [0.717, 1.165) is 32.2 Å². The average Bonchev–Trinajstić information content (AvgIpc) is 2.89. The molecular formula is C13H19NOS. The minimum absolute atomic E-state index is 0.210. The zero-order valence-corrected chi connectivity index (χ0v) is 10.6. The second-order valence-corrected chi connectivity index (χ2v) is 5.57. The summed E-state index contributed by atoms with van der Waals surface area (Å²) < 4.78 is 0. The van der Waals surface area contributed by atoms with Crippen LogP contribution in [0.5, 0.6) is 0 Å². The van der Waals surface area contributed by atoms with Crippen molar-refractivity contribution in [2.45, 2.75) is 44.6 Å². The molecular weight excluding hydrogens is 218 g/mol. The molecule has 0 aromatic carbocycles. The molecule has 1 aromatic rings. The van der Waals surface area contributed by atoms with Crippen LogP contribution in [0.3, 0.4) is 0 Å². The second-order valence-electron chi connectivity index (χ2n) is 4.54. The number of ketones is 1. The summed E-state index contributed by atoms with van der Waals surface area (Å²) in [4.78, 5) is 13.6. The van der Waals surface area contributed by atoms with Crippen molar-refractivity contribution in [3.63, 3.8) is 0 Å². The summed E-state index contributed by atoms with van der Waals surface area (Å²) in [7, 11) is 0. The number of carbonyl (C=O) groups is 1. The zero-order chi connectivity index (χ0) is 11.4. The van der Waals surface area contributed by atoms with Crippen LogP contribution in [0.1, 0.15) is 37.5 Å². The largest absolute Gasteiger partial charge is 0.305 e. The van der Waals surface area contributed by atoms with Crippen molar-refractivity contribution in [2.75, 3.05) is 6.54 Å². The first kappa shape index (κ1) is 11.8. The zero-order valence-electron chi connectivity index (χ0n) is 9.79. The molecule has 88 valence electrons. The third-order valence-electron chi connectivity index (χ3n) is 3.37. The Bertz CT molecular complexity index is 339. The number of Topliss-reactive ketones (excluding diaryl/α,β-unsaturated/α-hetero) is 1. The Labute approximate surface area is 101 Å². The molecule has 1 atom stereocenters. The Morgan fingerprint density at radius 1 is 1.62 bits per heavy atom. The van der Waals surface area contributed by atoms with E-state index in [1.807, 2.05) is 11.4 Å². The Hall–Kier alpha value is -0.670. The number of thiophene rings is 1. The van der Waals surface area contributed by atoms with Gasteiger partial charge in [0.05, 0.1) is 5.54 Å². The standard InChI is InChI=1S/C13H19NOS/c1-2-6-13(7-4-8-14-13)12(15)10-11-5-3-9-16-11/h3,5,9,14H,2,4,6-8,10H2,1H3. The summed E-state index contributed by atoms with van der Waals surface area (Å²) in [6, 6.07) is 4.07. The van der Waals surface area contributed by atoms with Crippen LogP contribution in [0.15, 0.2) is 17.5 Å². The molecule has 16 heavy (non-hydrogen) atoms. The van der Waals surface area contributed by atoms with Gasteiger partial charge in [-0.3, -0.25) is 4.79 Å². The summed E-state index contributed by atoms with van der Waals surface area (Å²) in [6.07, 6.45) is 4.81. The lowest BCUT2D eigenvalue weighted by molar-refractivity contribution is -0.124. The number of rotatable bonds is 5. The van der Waals surface area contributed by atoms with Crippen LogP contribution in [-0.4, -0.2) is 17.9 Å². The van der Waals surface area contributed by atoms with Gasteiger partial charge in [0.15, 0.2) is 5.78 Å². The summed E-state index contributed by atoms with van der Waals surface area (Å²) in [5, 5.41) is 5.48. The predicted octanol–water partition coefficient (Wildman–Crippen LogP) is 2.78. The molecule has 3 heteroatoms. The first-order chi connectivity index (χ1) is 7.77. The van der Waals surface area contributed by atoms with Crippen LogP contribution in [0.25, 0.3) is 0 Å². The molecule has 1 N–H and O–H groups in total. The lowest BCUT2D eigenvalue weighted by Crippen LogP contribution is -2.48. The van der Waals surface area contributed by atoms with E-state index >= 15 is 0 Å². The van der Waals surface area contributed by atoms with Crippen molar-refractivity contribution < 1.29 is 4.79 Å². The van der Waals surface area contributed by atoms with Gasteiger partial charge in [-0.25, -0.2) is 0 Å². The molecule has 0 radical (unpaired) electrons. The molecule has 1 saturated heterocycles. The third-order valence-corrected chi connectivity index (χ3v) is 4.25. The lowest BCUT2D eigenvalue weighted by atomic mass is 9.85. The van der Waals surface area contributed by atoms with Crippen molar-refractivity contribution >= 4 is 17.1 Å². The van der Waals surface area contributed by atoms with Crippen LogP contribution >= 0.6 is 11.3 Å². The molecule has 0 saturated carbocycles. The van der Waals surface area contributed by atoms with E-state index in [9.17, 15) is 4.79 Å². The van der Waals surface area contributed by atoms with Crippen molar-refractivity contribution in [3.05, 3.63) is 22.4 Å². The number of hydrogen-bond acceptors (Lipinski definition) is 3. The minimum atomic E-state index is -0.210. The highest BCUT2D eigenvalue weighted by molar-refractivity contribution is 7.10. The molecule has 1 unspecified atom stereocenters. The maximum atomic E-state index is 12.4. The van der Waals surface area contributed by atoms with E-state index in [0.29, 0.717) is 12.2 Å². The van der Waals surface area contributed by atoms with Crippen LogP contribution in [-0.2, 0) is 11.2 Å². The fourth-order valence-electron chi connectivity index (χ4n) is 2.56. The van der Waals surface area contributed by atoms with Gasteiger partial charge in [-0.05, 0) is 37.3 Å². The molecule has 0 bridgehead atoms. The van der Waals surface area contributed by atoms with Crippen molar-refractivity contribution in [3.8, 4) is 0 Å². The molecule has 1 aliphatic rings. The van der Waals surface area contributed by atoms with E-state index in [-0.39, 0.29) is 5.54 Å². The lowest BCUT2D eigenvalue weighted by Gasteiger charge is -2.27. The van der Waals surface area contributed by atoms with Crippen molar-refractivity contribution in [1.29, 1.82) is 0 Å². The number of hydrogen-bond donors (Lipinski definition) is 1. The van der Waals surface area contributed by atoms with E-state index in [2.05, 4.69) is 18.3 Å². The Kier molecular flexibility index (Phi) is 3.77. The Balaban J connectivity index is 2.05. The van der Waals surface area contributed by atoms with Crippen molar-refractivity contribution in [1.82, 2.24) is 5.32 Å². The van der Waals surface area contributed by atoms with Crippen LogP contribution < -0.4 is 5.32 Å². The van der Waals surface area contributed by atoms with Crippen LogP contribution in [0, 0.1) is 0 Å². The molecule has 1 aromatic heterocycles. The van der Waals surface area contributed by atoms with Gasteiger partial charge in [0.25, 0.3) is 0 Å². The predicted molar refractivity (Wildman–Crippen MR) is 67.9 cm³/mol.